The summed E-state index contributed by atoms with van der Waals surface area (Å²) < 4.78 is 84.0. The first-order valence-corrected chi connectivity index (χ1v) is 9.71. The molecule has 0 fully saturated rings. The van der Waals surface area contributed by atoms with Crippen LogP contribution in [0.5, 0.6) is 0 Å². The van der Waals surface area contributed by atoms with Crippen molar-refractivity contribution in [3.63, 3.8) is 0 Å². The molecule has 0 N–H and O–H groups in total. The molecule has 4 aromatic rings. The summed E-state index contributed by atoms with van der Waals surface area (Å²) in [4.78, 5) is 0. The molecule has 0 aromatic heterocycles. The Kier molecular flexibility index (Phi) is 5.78. The Labute approximate surface area is 180 Å². The average Bonchev–Trinajstić information content (AvgIpc) is 2.75. The van der Waals surface area contributed by atoms with Crippen LogP contribution in [0.1, 0.15) is 16.7 Å². The lowest BCUT2D eigenvalue weighted by Crippen LogP contribution is -2.01. The molecular weight excluding hydrogens is 426 g/mol. The summed E-state index contributed by atoms with van der Waals surface area (Å²) in [5, 5.41) is 0. The Bertz CT molecular complexity index is 1260. The SMILES string of the molecule is Cc1ccc(-c2ccc(-c3cc(F)c(Cc4cc(F)c(F)c(F)c4)c(F)c3)c(F)c2)cc1. The van der Waals surface area contributed by atoms with Crippen molar-refractivity contribution in [1.29, 1.82) is 0 Å². The van der Waals surface area contributed by atoms with Crippen molar-refractivity contribution >= 4 is 0 Å². The van der Waals surface area contributed by atoms with Gasteiger partial charge in [0.05, 0.1) is 0 Å². The molecule has 0 heterocycles. The average molecular weight is 442 g/mol. The van der Waals surface area contributed by atoms with Crippen LogP contribution in [0.4, 0.5) is 26.3 Å². The van der Waals surface area contributed by atoms with Crippen molar-refractivity contribution in [3.8, 4) is 22.3 Å². The topological polar surface area (TPSA) is 0 Å². The van der Waals surface area contributed by atoms with Crippen LogP contribution in [0, 0.1) is 41.8 Å². The van der Waals surface area contributed by atoms with Crippen molar-refractivity contribution in [2.45, 2.75) is 13.3 Å². The summed E-state index contributed by atoms with van der Waals surface area (Å²) in [6.45, 7) is 1.93. The number of rotatable bonds is 4. The van der Waals surface area contributed by atoms with Crippen LogP contribution >= 0.6 is 0 Å². The molecule has 0 spiro atoms. The highest BCUT2D eigenvalue weighted by Gasteiger charge is 2.17. The fraction of sp³-hybridized carbons (Fsp3) is 0.0769. The van der Waals surface area contributed by atoms with E-state index in [9.17, 15) is 26.3 Å². The maximum Gasteiger partial charge on any atom is 0.194 e. The highest BCUT2D eigenvalue weighted by atomic mass is 19.2. The Hall–Kier alpha value is -3.54. The van der Waals surface area contributed by atoms with Crippen molar-refractivity contribution < 1.29 is 26.3 Å². The Morgan fingerprint density at radius 1 is 0.531 bits per heavy atom. The monoisotopic (exact) mass is 442 g/mol. The van der Waals surface area contributed by atoms with Crippen molar-refractivity contribution in [3.05, 3.63) is 118 Å². The first-order chi connectivity index (χ1) is 15.2. The fourth-order valence-corrected chi connectivity index (χ4v) is 3.52. The molecule has 0 amide bonds. The second kappa shape index (κ2) is 8.54. The van der Waals surface area contributed by atoms with E-state index in [4.69, 9.17) is 0 Å². The van der Waals surface area contributed by atoms with Crippen LogP contribution in [0.2, 0.25) is 0 Å². The Morgan fingerprint density at radius 2 is 1.06 bits per heavy atom. The van der Waals surface area contributed by atoms with Gasteiger partial charge in [0.2, 0.25) is 0 Å². The molecule has 4 aromatic carbocycles. The third-order valence-electron chi connectivity index (χ3n) is 5.23. The number of aryl methyl sites for hydroxylation is 1. The first-order valence-electron chi connectivity index (χ1n) is 9.71. The smallest absolute Gasteiger partial charge is 0.194 e. The summed E-state index contributed by atoms with van der Waals surface area (Å²) in [6, 6.07) is 15.1. The summed E-state index contributed by atoms with van der Waals surface area (Å²) >= 11 is 0. The summed E-state index contributed by atoms with van der Waals surface area (Å²) in [7, 11) is 0. The van der Waals surface area contributed by atoms with Crippen molar-refractivity contribution in [2.75, 3.05) is 0 Å². The molecule has 6 heteroatoms. The largest absolute Gasteiger partial charge is 0.207 e. The lowest BCUT2D eigenvalue weighted by Gasteiger charge is -2.11. The minimum Gasteiger partial charge on any atom is -0.207 e. The highest BCUT2D eigenvalue weighted by Crippen LogP contribution is 2.31. The molecule has 0 saturated heterocycles. The second-order valence-corrected chi connectivity index (χ2v) is 7.53. The fourth-order valence-electron chi connectivity index (χ4n) is 3.52. The normalized spacial score (nSPS) is 11.1. The first kappa shape index (κ1) is 21.7. The van der Waals surface area contributed by atoms with Crippen molar-refractivity contribution in [1.82, 2.24) is 0 Å². The van der Waals surface area contributed by atoms with Crippen LogP contribution < -0.4 is 0 Å². The molecule has 0 aliphatic carbocycles. The molecular formula is C26H16F6. The van der Waals surface area contributed by atoms with Crippen molar-refractivity contribution in [2.24, 2.45) is 0 Å². The minimum atomic E-state index is -1.66. The number of benzene rings is 4. The van der Waals surface area contributed by atoms with E-state index in [1.165, 1.54) is 12.1 Å². The molecule has 32 heavy (non-hydrogen) atoms. The third-order valence-corrected chi connectivity index (χ3v) is 5.23. The quantitative estimate of drug-likeness (QED) is 0.224. The van der Waals surface area contributed by atoms with Crippen LogP contribution in [0.3, 0.4) is 0 Å². The van der Waals surface area contributed by atoms with Gasteiger partial charge in [0.1, 0.15) is 17.5 Å². The zero-order valence-corrected chi connectivity index (χ0v) is 16.8. The van der Waals surface area contributed by atoms with Gasteiger partial charge in [0.15, 0.2) is 17.5 Å². The third kappa shape index (κ3) is 4.26. The van der Waals surface area contributed by atoms with E-state index in [1.807, 2.05) is 31.2 Å². The number of hydrogen-bond acceptors (Lipinski definition) is 0. The standard InChI is InChI=1S/C26H16F6/c1-14-2-4-16(5-3-14)17-6-7-19(21(27)11-17)18-12-22(28)20(23(29)13-18)8-15-9-24(30)26(32)25(31)10-15/h2-7,9-13H,8H2,1H3. The minimum absolute atomic E-state index is 0.00378. The Balaban J connectivity index is 1.66. The molecule has 0 aliphatic heterocycles. The molecule has 0 atom stereocenters. The van der Waals surface area contributed by atoms with E-state index >= 15 is 0 Å². The molecule has 0 unspecified atom stereocenters. The Morgan fingerprint density at radius 3 is 1.62 bits per heavy atom. The van der Waals surface area contributed by atoms with Gasteiger partial charge in [-0.2, -0.15) is 0 Å². The van der Waals surface area contributed by atoms with Crippen LogP contribution in [-0.4, -0.2) is 0 Å². The maximum absolute atomic E-state index is 14.8. The predicted molar refractivity (Wildman–Crippen MR) is 111 cm³/mol. The van der Waals surface area contributed by atoms with Gasteiger partial charge < -0.3 is 0 Å². The lowest BCUT2D eigenvalue weighted by atomic mass is 9.96. The lowest BCUT2D eigenvalue weighted by molar-refractivity contribution is 0.445. The van der Waals surface area contributed by atoms with E-state index < -0.39 is 46.9 Å². The maximum atomic E-state index is 14.8. The van der Waals surface area contributed by atoms with E-state index in [2.05, 4.69) is 0 Å². The summed E-state index contributed by atoms with van der Waals surface area (Å²) in [5.41, 5.74) is 1.85. The van der Waals surface area contributed by atoms with Gasteiger partial charge in [-0.3, -0.25) is 0 Å². The zero-order valence-electron chi connectivity index (χ0n) is 16.8. The molecule has 0 nitrogen and oxygen atoms in total. The van der Waals surface area contributed by atoms with E-state index in [0.29, 0.717) is 17.7 Å². The zero-order chi connectivity index (χ0) is 23.0. The molecule has 0 radical (unpaired) electrons. The molecule has 4 rings (SSSR count). The van der Waals surface area contributed by atoms with Gasteiger partial charge in [0.25, 0.3) is 0 Å². The van der Waals surface area contributed by atoms with E-state index in [1.54, 1.807) is 6.07 Å². The highest BCUT2D eigenvalue weighted by molar-refractivity contribution is 5.71. The molecule has 0 aliphatic rings. The molecule has 0 bridgehead atoms. The van der Waals surface area contributed by atoms with Crippen LogP contribution in [0.15, 0.2) is 66.7 Å². The van der Waals surface area contributed by atoms with Gasteiger partial charge in [-0.15, -0.1) is 0 Å². The van der Waals surface area contributed by atoms with E-state index in [0.717, 1.165) is 23.3 Å². The molecule has 0 saturated carbocycles. The van der Waals surface area contributed by atoms with Gasteiger partial charge in [-0.1, -0.05) is 42.0 Å². The molecule has 162 valence electrons. The van der Waals surface area contributed by atoms with Crippen LogP contribution in [0.25, 0.3) is 22.3 Å². The number of halogens is 6. The predicted octanol–water partition coefficient (Wildman–Crippen LogP) is 7.75. The number of hydrogen-bond donors (Lipinski definition) is 0. The summed E-state index contributed by atoms with van der Waals surface area (Å²) in [6.07, 6.45) is -0.499. The van der Waals surface area contributed by atoms with Gasteiger partial charge in [0, 0.05) is 17.5 Å². The van der Waals surface area contributed by atoms with Crippen LogP contribution in [-0.2, 0) is 6.42 Å². The van der Waals surface area contributed by atoms with E-state index in [-0.39, 0.29) is 16.7 Å². The van der Waals surface area contributed by atoms with Gasteiger partial charge in [-0.25, -0.2) is 26.3 Å². The second-order valence-electron chi connectivity index (χ2n) is 7.53. The van der Waals surface area contributed by atoms with Gasteiger partial charge in [-0.05, 0) is 59.5 Å². The van der Waals surface area contributed by atoms with Gasteiger partial charge >= 0.3 is 0 Å². The summed E-state index contributed by atoms with van der Waals surface area (Å²) in [5.74, 6) is -7.23.